The van der Waals surface area contributed by atoms with Crippen LogP contribution in [0.15, 0.2) is 34.9 Å². The number of nitrogens with zero attached hydrogens (tertiary/aromatic N) is 2. The number of aryl methyl sites for hydroxylation is 1. The molecule has 0 saturated heterocycles. The third-order valence-corrected chi connectivity index (χ3v) is 4.19. The smallest absolute Gasteiger partial charge is 0.118 e. The van der Waals surface area contributed by atoms with E-state index in [1.807, 2.05) is 13.0 Å². The zero-order chi connectivity index (χ0) is 14.7. The summed E-state index contributed by atoms with van der Waals surface area (Å²) in [5.74, 6) is 2.66. The van der Waals surface area contributed by atoms with E-state index in [1.165, 1.54) is 5.69 Å². The molecule has 3 rings (SSSR count). The van der Waals surface area contributed by atoms with E-state index < -0.39 is 0 Å². The van der Waals surface area contributed by atoms with Crippen LogP contribution in [0, 0.1) is 12.8 Å². The van der Waals surface area contributed by atoms with Crippen LogP contribution in [0.3, 0.4) is 0 Å². The number of furan rings is 1. The van der Waals surface area contributed by atoms with Crippen molar-refractivity contribution in [2.45, 2.75) is 33.0 Å². The predicted octanol–water partition coefficient (Wildman–Crippen LogP) is 3.06. The van der Waals surface area contributed by atoms with E-state index in [0.717, 1.165) is 50.7 Å². The number of ether oxygens (including phenoxy) is 1. The van der Waals surface area contributed by atoms with Gasteiger partial charge in [-0.05, 0) is 43.5 Å². The van der Waals surface area contributed by atoms with Crippen LogP contribution in [0.4, 0.5) is 0 Å². The summed E-state index contributed by atoms with van der Waals surface area (Å²) in [5.41, 5.74) is 1.39. The molecule has 4 heteroatoms. The average Bonchev–Trinajstić information content (AvgIpc) is 3.02. The van der Waals surface area contributed by atoms with E-state index >= 15 is 0 Å². The van der Waals surface area contributed by atoms with Gasteiger partial charge in [-0.2, -0.15) is 0 Å². The van der Waals surface area contributed by atoms with Gasteiger partial charge in [0, 0.05) is 45.2 Å². The lowest BCUT2D eigenvalue weighted by molar-refractivity contribution is 0.148. The third kappa shape index (κ3) is 3.57. The minimum atomic E-state index is 0.620. The first-order chi connectivity index (χ1) is 10.2. The van der Waals surface area contributed by atoms with Crippen LogP contribution in [-0.4, -0.2) is 29.7 Å². The van der Waals surface area contributed by atoms with Crippen molar-refractivity contribution in [3.8, 4) is 0 Å². The Bertz CT molecular complexity index is 573. The Hall–Kier alpha value is -1.52. The molecule has 0 unspecified atom stereocenters. The maximum absolute atomic E-state index is 5.74. The highest BCUT2D eigenvalue weighted by molar-refractivity contribution is 5.10. The molecule has 114 valence electrons. The Kier molecular flexibility index (Phi) is 4.46. The summed E-state index contributed by atoms with van der Waals surface area (Å²) in [6.07, 6.45) is 3.29. The molecule has 0 N–H and O–H groups in total. The largest absolute Gasteiger partial charge is 0.465 e. The molecular weight excluding hydrogens is 264 g/mol. The van der Waals surface area contributed by atoms with Crippen molar-refractivity contribution in [1.82, 2.24) is 9.47 Å². The molecule has 0 fully saturated rings. The molecule has 2 aromatic heterocycles. The molecule has 0 aliphatic carbocycles. The summed E-state index contributed by atoms with van der Waals surface area (Å²) in [7, 11) is 1.78. The first kappa shape index (κ1) is 14.4. The molecule has 21 heavy (non-hydrogen) atoms. The van der Waals surface area contributed by atoms with E-state index in [2.05, 4.69) is 33.9 Å². The normalized spacial score (nSPS) is 19.4. The van der Waals surface area contributed by atoms with Crippen LogP contribution in [0.5, 0.6) is 0 Å². The van der Waals surface area contributed by atoms with Crippen LogP contribution in [0.1, 0.15) is 23.6 Å². The Morgan fingerprint density at radius 3 is 2.95 bits per heavy atom. The van der Waals surface area contributed by atoms with Crippen LogP contribution in [-0.2, 0) is 24.4 Å². The van der Waals surface area contributed by atoms with Crippen molar-refractivity contribution >= 4 is 0 Å². The van der Waals surface area contributed by atoms with Crippen molar-refractivity contribution < 1.29 is 9.15 Å². The molecule has 1 aliphatic heterocycles. The van der Waals surface area contributed by atoms with Gasteiger partial charge in [0.1, 0.15) is 11.5 Å². The molecular formula is C17H24N2O2. The van der Waals surface area contributed by atoms with Crippen LogP contribution in [0.25, 0.3) is 0 Å². The van der Waals surface area contributed by atoms with Crippen molar-refractivity contribution in [1.29, 1.82) is 0 Å². The number of hydrogen-bond donors (Lipinski definition) is 0. The average molecular weight is 288 g/mol. The first-order valence-electron chi connectivity index (χ1n) is 7.65. The Morgan fingerprint density at radius 2 is 2.19 bits per heavy atom. The van der Waals surface area contributed by atoms with E-state index in [1.54, 1.807) is 7.11 Å². The molecule has 3 heterocycles. The summed E-state index contributed by atoms with van der Waals surface area (Å²) < 4.78 is 13.4. The van der Waals surface area contributed by atoms with Gasteiger partial charge < -0.3 is 13.7 Å². The summed E-state index contributed by atoms with van der Waals surface area (Å²) in [6, 6.07) is 8.49. The number of methoxy groups -OCH3 is 1. The molecule has 0 bridgehead atoms. The highest BCUT2D eigenvalue weighted by atomic mass is 16.5. The molecule has 0 aromatic carbocycles. The first-order valence-corrected chi connectivity index (χ1v) is 7.65. The van der Waals surface area contributed by atoms with Crippen molar-refractivity contribution in [3.63, 3.8) is 0 Å². The maximum atomic E-state index is 5.74. The molecule has 1 atom stereocenters. The van der Waals surface area contributed by atoms with Crippen LogP contribution >= 0.6 is 0 Å². The maximum Gasteiger partial charge on any atom is 0.118 e. The van der Waals surface area contributed by atoms with E-state index in [0.29, 0.717) is 5.92 Å². The summed E-state index contributed by atoms with van der Waals surface area (Å²) >= 11 is 0. The fraction of sp³-hybridized carbons (Fsp3) is 0.529. The Balaban J connectivity index is 1.73. The monoisotopic (exact) mass is 288 g/mol. The molecule has 0 saturated carbocycles. The fourth-order valence-corrected chi connectivity index (χ4v) is 3.14. The van der Waals surface area contributed by atoms with Gasteiger partial charge in [-0.1, -0.05) is 0 Å². The lowest BCUT2D eigenvalue weighted by atomic mass is 10.1. The standard InChI is InChI=1S/C17H24N2O2/c1-14-5-6-17(21-14)13-18-10-15(7-9-20-2)11-19-8-3-4-16(19)12-18/h3-6,8,15H,7,9-13H2,1-2H3/t15-/m0/s1. The van der Waals surface area contributed by atoms with Crippen molar-refractivity contribution in [2.24, 2.45) is 5.92 Å². The number of hydrogen-bond acceptors (Lipinski definition) is 3. The quantitative estimate of drug-likeness (QED) is 0.847. The molecule has 0 amide bonds. The minimum absolute atomic E-state index is 0.620. The van der Waals surface area contributed by atoms with Crippen molar-refractivity contribution in [2.75, 3.05) is 20.3 Å². The van der Waals surface area contributed by atoms with Gasteiger partial charge in [0.2, 0.25) is 0 Å². The van der Waals surface area contributed by atoms with Gasteiger partial charge in [-0.25, -0.2) is 0 Å². The topological polar surface area (TPSA) is 30.5 Å². The van der Waals surface area contributed by atoms with Gasteiger partial charge in [-0.15, -0.1) is 0 Å². The highest BCUT2D eigenvalue weighted by Crippen LogP contribution is 2.21. The second-order valence-electron chi connectivity index (χ2n) is 5.98. The van der Waals surface area contributed by atoms with E-state index in [-0.39, 0.29) is 0 Å². The van der Waals surface area contributed by atoms with Gasteiger partial charge in [0.25, 0.3) is 0 Å². The molecule has 0 spiro atoms. The zero-order valence-electron chi connectivity index (χ0n) is 12.9. The summed E-state index contributed by atoms with van der Waals surface area (Å²) in [6.45, 7) is 6.86. The molecule has 2 aromatic rings. The van der Waals surface area contributed by atoms with Crippen LogP contribution in [0.2, 0.25) is 0 Å². The third-order valence-electron chi connectivity index (χ3n) is 4.19. The SMILES string of the molecule is COCC[C@H]1CN(Cc2ccc(C)o2)Cc2cccn2C1. The van der Waals surface area contributed by atoms with E-state index in [4.69, 9.17) is 9.15 Å². The predicted molar refractivity (Wildman–Crippen MR) is 82.0 cm³/mol. The van der Waals surface area contributed by atoms with Crippen molar-refractivity contribution in [3.05, 3.63) is 47.7 Å². The highest BCUT2D eigenvalue weighted by Gasteiger charge is 2.22. The lowest BCUT2D eigenvalue weighted by Gasteiger charge is -2.22. The Morgan fingerprint density at radius 1 is 1.29 bits per heavy atom. The number of rotatable bonds is 5. The van der Waals surface area contributed by atoms with Gasteiger partial charge in [-0.3, -0.25) is 4.90 Å². The fourth-order valence-electron chi connectivity index (χ4n) is 3.14. The Labute approximate surface area is 126 Å². The second kappa shape index (κ2) is 6.50. The van der Waals surface area contributed by atoms with Gasteiger partial charge >= 0.3 is 0 Å². The molecule has 4 nitrogen and oxygen atoms in total. The summed E-state index contributed by atoms with van der Waals surface area (Å²) in [5, 5.41) is 0. The number of fused-ring (bicyclic) bond motifs is 1. The number of aromatic nitrogens is 1. The summed E-state index contributed by atoms with van der Waals surface area (Å²) in [4.78, 5) is 2.48. The van der Waals surface area contributed by atoms with Crippen LogP contribution < -0.4 is 0 Å². The molecule has 1 aliphatic rings. The lowest BCUT2D eigenvalue weighted by Crippen LogP contribution is -2.28. The second-order valence-corrected chi connectivity index (χ2v) is 5.98. The molecule has 0 radical (unpaired) electrons. The van der Waals surface area contributed by atoms with Gasteiger partial charge in [0.15, 0.2) is 0 Å². The minimum Gasteiger partial charge on any atom is -0.465 e. The van der Waals surface area contributed by atoms with E-state index in [9.17, 15) is 0 Å². The zero-order valence-corrected chi connectivity index (χ0v) is 12.9. The van der Waals surface area contributed by atoms with Gasteiger partial charge in [0.05, 0.1) is 6.54 Å².